The molecule has 2 aromatic carbocycles. The number of hydrogen-bond acceptors (Lipinski definition) is 8. The fourth-order valence-electron chi connectivity index (χ4n) is 3.06. The van der Waals surface area contributed by atoms with Crippen molar-refractivity contribution in [3.8, 4) is 23.0 Å². The molecule has 1 aliphatic heterocycles. The number of fused-ring (bicyclic) bond motifs is 1. The summed E-state index contributed by atoms with van der Waals surface area (Å²) in [5, 5.41) is 29.7. The van der Waals surface area contributed by atoms with Gasteiger partial charge in [0.2, 0.25) is 0 Å². The monoisotopic (exact) mass is 386 g/mol. The van der Waals surface area contributed by atoms with Crippen LogP contribution in [-0.4, -0.2) is 41.5 Å². The van der Waals surface area contributed by atoms with E-state index in [2.05, 4.69) is 4.74 Å². The maximum Gasteiger partial charge on any atom is 0.330 e. The van der Waals surface area contributed by atoms with E-state index < -0.39 is 24.0 Å². The SMILES string of the molecule is COC(=O)C=Cc1cc(O)c2c(c1)[C@H](C(=O)OC)[C@@H](c1ccc(O)c(O)c1)O2. The normalized spacial score (nSPS) is 17.8. The van der Waals surface area contributed by atoms with Crippen LogP contribution < -0.4 is 4.74 Å². The molecule has 1 aliphatic rings. The number of benzene rings is 2. The summed E-state index contributed by atoms with van der Waals surface area (Å²) < 4.78 is 15.2. The lowest BCUT2D eigenvalue weighted by molar-refractivity contribution is -0.144. The summed E-state index contributed by atoms with van der Waals surface area (Å²) in [6.07, 6.45) is 1.72. The number of phenols is 3. The first-order valence-corrected chi connectivity index (χ1v) is 8.25. The maximum atomic E-state index is 12.5. The Morgan fingerprint density at radius 3 is 2.39 bits per heavy atom. The average Bonchev–Trinajstić information content (AvgIpc) is 3.07. The largest absolute Gasteiger partial charge is 0.504 e. The van der Waals surface area contributed by atoms with E-state index in [1.165, 1.54) is 50.6 Å². The van der Waals surface area contributed by atoms with Crippen LogP contribution in [0.3, 0.4) is 0 Å². The summed E-state index contributed by atoms with van der Waals surface area (Å²) in [5.74, 6) is -2.91. The average molecular weight is 386 g/mol. The maximum absolute atomic E-state index is 12.5. The zero-order valence-corrected chi connectivity index (χ0v) is 15.1. The minimum Gasteiger partial charge on any atom is -0.504 e. The lowest BCUT2D eigenvalue weighted by Gasteiger charge is -2.18. The summed E-state index contributed by atoms with van der Waals surface area (Å²) in [5.41, 5.74) is 1.23. The van der Waals surface area contributed by atoms with Crippen molar-refractivity contribution in [1.82, 2.24) is 0 Å². The fourth-order valence-corrected chi connectivity index (χ4v) is 3.06. The third-order valence-electron chi connectivity index (χ3n) is 4.40. The van der Waals surface area contributed by atoms with Gasteiger partial charge < -0.3 is 29.5 Å². The molecule has 0 saturated carbocycles. The quantitative estimate of drug-likeness (QED) is 0.416. The molecule has 0 radical (unpaired) electrons. The van der Waals surface area contributed by atoms with Gasteiger partial charge in [0.25, 0.3) is 0 Å². The van der Waals surface area contributed by atoms with E-state index in [0.717, 1.165) is 0 Å². The van der Waals surface area contributed by atoms with E-state index in [4.69, 9.17) is 9.47 Å². The number of phenolic OH excluding ortho intramolecular Hbond substituents is 3. The lowest BCUT2D eigenvalue weighted by atomic mass is 9.90. The number of carbonyl (C=O) groups is 2. The van der Waals surface area contributed by atoms with Gasteiger partial charge in [0, 0.05) is 11.6 Å². The van der Waals surface area contributed by atoms with Crippen molar-refractivity contribution >= 4 is 18.0 Å². The molecule has 2 aromatic rings. The first-order chi connectivity index (χ1) is 13.3. The van der Waals surface area contributed by atoms with Crippen LogP contribution in [0, 0.1) is 0 Å². The molecule has 0 unspecified atom stereocenters. The number of rotatable bonds is 4. The molecule has 1 heterocycles. The highest BCUT2D eigenvalue weighted by molar-refractivity contribution is 5.88. The Morgan fingerprint density at radius 1 is 1.00 bits per heavy atom. The van der Waals surface area contributed by atoms with Gasteiger partial charge in [0.1, 0.15) is 12.0 Å². The van der Waals surface area contributed by atoms with Crippen molar-refractivity contribution in [1.29, 1.82) is 0 Å². The van der Waals surface area contributed by atoms with Crippen molar-refractivity contribution < 1.29 is 39.1 Å². The molecule has 8 nitrogen and oxygen atoms in total. The summed E-state index contributed by atoms with van der Waals surface area (Å²) in [4.78, 5) is 23.8. The van der Waals surface area contributed by atoms with Crippen molar-refractivity contribution in [2.45, 2.75) is 12.0 Å². The molecular formula is C20H18O8. The molecule has 0 saturated heterocycles. The van der Waals surface area contributed by atoms with E-state index in [1.54, 1.807) is 6.07 Å². The Hall–Kier alpha value is -3.68. The first kappa shape index (κ1) is 19.1. The summed E-state index contributed by atoms with van der Waals surface area (Å²) in [6, 6.07) is 7.02. The number of ether oxygens (including phenoxy) is 3. The zero-order valence-electron chi connectivity index (χ0n) is 15.1. The Bertz CT molecular complexity index is 963. The van der Waals surface area contributed by atoms with Crippen molar-refractivity contribution in [2.24, 2.45) is 0 Å². The highest BCUT2D eigenvalue weighted by Gasteiger charge is 2.43. The van der Waals surface area contributed by atoms with Crippen LogP contribution in [0.25, 0.3) is 6.08 Å². The summed E-state index contributed by atoms with van der Waals surface area (Å²) in [7, 11) is 2.47. The predicted octanol–water partition coefficient (Wildman–Crippen LogP) is 2.38. The Labute approximate surface area is 160 Å². The van der Waals surface area contributed by atoms with Gasteiger partial charge in [-0.3, -0.25) is 4.79 Å². The molecule has 8 heteroatoms. The van der Waals surface area contributed by atoms with Crippen LogP contribution in [0.2, 0.25) is 0 Å². The molecule has 0 fully saturated rings. The van der Waals surface area contributed by atoms with Crippen molar-refractivity contribution in [2.75, 3.05) is 14.2 Å². The molecule has 28 heavy (non-hydrogen) atoms. The van der Waals surface area contributed by atoms with Crippen LogP contribution in [-0.2, 0) is 19.1 Å². The molecule has 0 bridgehead atoms. The Kier molecular flexibility index (Phi) is 5.12. The van der Waals surface area contributed by atoms with Crippen LogP contribution in [0.1, 0.15) is 28.7 Å². The highest BCUT2D eigenvalue weighted by Crippen LogP contribution is 2.51. The van der Waals surface area contributed by atoms with Gasteiger partial charge in [-0.25, -0.2) is 4.79 Å². The lowest BCUT2D eigenvalue weighted by Crippen LogP contribution is -2.20. The highest BCUT2D eigenvalue weighted by atomic mass is 16.5. The molecule has 0 spiro atoms. The molecule has 0 amide bonds. The standard InChI is InChI=1S/C20H18O8/c1-26-16(24)6-3-10-7-12-17(20(25)27-2)18(28-19(12)15(23)8-10)11-4-5-13(21)14(22)9-11/h3-9,17-18,21-23H,1-2H3/t17-,18+/m0/s1. The van der Waals surface area contributed by atoms with Gasteiger partial charge in [0.15, 0.2) is 23.0 Å². The minimum absolute atomic E-state index is 0.100. The molecule has 0 aliphatic carbocycles. The fraction of sp³-hybridized carbons (Fsp3) is 0.200. The molecule has 3 N–H and O–H groups in total. The minimum atomic E-state index is -0.929. The zero-order chi connectivity index (χ0) is 20.4. The topological polar surface area (TPSA) is 123 Å². The van der Waals surface area contributed by atoms with E-state index in [-0.39, 0.29) is 23.0 Å². The van der Waals surface area contributed by atoms with E-state index in [9.17, 15) is 24.9 Å². The number of carbonyl (C=O) groups excluding carboxylic acids is 2. The van der Waals surface area contributed by atoms with Gasteiger partial charge in [-0.05, 0) is 41.5 Å². The van der Waals surface area contributed by atoms with E-state index >= 15 is 0 Å². The Balaban J connectivity index is 2.07. The third kappa shape index (κ3) is 3.44. The summed E-state index contributed by atoms with van der Waals surface area (Å²) in [6.45, 7) is 0. The van der Waals surface area contributed by atoms with Gasteiger partial charge in [0.05, 0.1) is 14.2 Å². The summed E-state index contributed by atoms with van der Waals surface area (Å²) >= 11 is 0. The first-order valence-electron chi connectivity index (χ1n) is 8.25. The molecular weight excluding hydrogens is 368 g/mol. The number of hydrogen-bond donors (Lipinski definition) is 3. The second-order valence-corrected chi connectivity index (χ2v) is 6.10. The van der Waals surface area contributed by atoms with Crippen LogP contribution >= 0.6 is 0 Å². The Morgan fingerprint density at radius 2 is 1.75 bits per heavy atom. The van der Waals surface area contributed by atoms with Crippen LogP contribution in [0.5, 0.6) is 23.0 Å². The number of aromatic hydroxyl groups is 3. The van der Waals surface area contributed by atoms with Crippen LogP contribution in [0.15, 0.2) is 36.4 Å². The van der Waals surface area contributed by atoms with Crippen molar-refractivity contribution in [3.63, 3.8) is 0 Å². The molecule has 146 valence electrons. The second-order valence-electron chi connectivity index (χ2n) is 6.10. The number of methoxy groups -OCH3 is 2. The number of esters is 2. The van der Waals surface area contributed by atoms with Crippen molar-refractivity contribution in [3.05, 3.63) is 53.1 Å². The van der Waals surface area contributed by atoms with E-state index in [0.29, 0.717) is 16.7 Å². The van der Waals surface area contributed by atoms with Gasteiger partial charge in [-0.2, -0.15) is 0 Å². The van der Waals surface area contributed by atoms with Gasteiger partial charge in [-0.15, -0.1) is 0 Å². The smallest absolute Gasteiger partial charge is 0.330 e. The molecule has 3 rings (SSSR count). The predicted molar refractivity (Wildman–Crippen MR) is 97.1 cm³/mol. The molecule has 0 aromatic heterocycles. The van der Waals surface area contributed by atoms with E-state index in [1.807, 2.05) is 0 Å². The third-order valence-corrected chi connectivity index (χ3v) is 4.40. The van der Waals surface area contributed by atoms with Gasteiger partial charge in [-0.1, -0.05) is 6.07 Å². The van der Waals surface area contributed by atoms with Gasteiger partial charge >= 0.3 is 11.9 Å². The van der Waals surface area contributed by atoms with Crippen LogP contribution in [0.4, 0.5) is 0 Å². The second kappa shape index (κ2) is 7.51. The molecule has 2 atom stereocenters.